The van der Waals surface area contributed by atoms with Crippen molar-refractivity contribution in [1.82, 2.24) is 0 Å². The third kappa shape index (κ3) is 3.12. The molecule has 0 aliphatic carbocycles. The number of rotatable bonds is 4. The Hall–Kier alpha value is -1.38. The van der Waals surface area contributed by atoms with Crippen LogP contribution in [0.2, 0.25) is 0 Å². The SMILES string of the molecule is CCOC(=O)c1scc(S(=O)(=O)c2ccc(Br)cc2)c1N. The van der Waals surface area contributed by atoms with Crippen LogP contribution in [0.3, 0.4) is 0 Å². The lowest BCUT2D eigenvalue weighted by Crippen LogP contribution is -2.08. The number of benzene rings is 1. The normalized spacial score (nSPS) is 11.3. The highest BCUT2D eigenvalue weighted by Gasteiger charge is 2.26. The minimum atomic E-state index is -3.76. The number of carbonyl (C=O) groups is 1. The van der Waals surface area contributed by atoms with E-state index in [4.69, 9.17) is 10.5 Å². The Labute approximate surface area is 134 Å². The Morgan fingerprint density at radius 1 is 1.33 bits per heavy atom. The van der Waals surface area contributed by atoms with Gasteiger partial charge in [0.25, 0.3) is 0 Å². The van der Waals surface area contributed by atoms with Crippen LogP contribution in [-0.2, 0) is 14.6 Å². The van der Waals surface area contributed by atoms with E-state index in [9.17, 15) is 13.2 Å². The Bertz CT molecular complexity index is 766. The molecule has 2 rings (SSSR count). The van der Waals surface area contributed by atoms with Crippen molar-refractivity contribution < 1.29 is 17.9 Å². The molecular formula is C13H12BrNO4S2. The van der Waals surface area contributed by atoms with Gasteiger partial charge in [-0.25, -0.2) is 13.2 Å². The number of ether oxygens (including phenoxy) is 1. The molecule has 0 bridgehead atoms. The van der Waals surface area contributed by atoms with Gasteiger partial charge in [0.2, 0.25) is 9.84 Å². The largest absolute Gasteiger partial charge is 0.462 e. The topological polar surface area (TPSA) is 86.5 Å². The summed E-state index contributed by atoms with van der Waals surface area (Å²) in [6.45, 7) is 1.87. The standard InChI is InChI=1S/C13H12BrNO4S2/c1-2-19-13(16)12-11(15)10(7-20-12)21(17,18)9-5-3-8(14)4-6-9/h3-7H,2,15H2,1H3. The fourth-order valence-corrected chi connectivity index (χ4v) is 4.52. The van der Waals surface area contributed by atoms with Gasteiger partial charge in [-0.3, -0.25) is 0 Å². The second kappa shape index (κ2) is 6.17. The van der Waals surface area contributed by atoms with Crippen LogP contribution in [0.15, 0.2) is 43.9 Å². The number of nitrogen functional groups attached to an aromatic ring is 1. The molecule has 8 heteroatoms. The summed E-state index contributed by atoms with van der Waals surface area (Å²) in [5.41, 5.74) is 5.74. The van der Waals surface area contributed by atoms with Crippen molar-refractivity contribution in [3.8, 4) is 0 Å². The number of hydrogen-bond acceptors (Lipinski definition) is 6. The van der Waals surface area contributed by atoms with Crippen LogP contribution >= 0.6 is 27.3 Å². The Balaban J connectivity index is 2.47. The number of carbonyl (C=O) groups excluding carboxylic acids is 1. The zero-order valence-corrected chi connectivity index (χ0v) is 14.2. The Kier molecular flexibility index (Phi) is 4.70. The van der Waals surface area contributed by atoms with E-state index in [1.54, 1.807) is 19.1 Å². The number of hydrogen-bond donors (Lipinski definition) is 1. The molecular weight excluding hydrogens is 378 g/mol. The third-order valence-corrected chi connectivity index (χ3v) is 6.13. The summed E-state index contributed by atoms with van der Waals surface area (Å²) < 4.78 is 30.7. The van der Waals surface area contributed by atoms with Gasteiger partial charge in [0, 0.05) is 9.85 Å². The number of thiophene rings is 1. The Morgan fingerprint density at radius 2 is 1.95 bits per heavy atom. The van der Waals surface area contributed by atoms with Crippen molar-refractivity contribution in [3.05, 3.63) is 39.0 Å². The molecule has 0 radical (unpaired) electrons. The smallest absolute Gasteiger partial charge is 0.350 e. The molecule has 1 aromatic heterocycles. The number of halogens is 1. The fourth-order valence-electron chi connectivity index (χ4n) is 1.65. The molecule has 2 aromatic rings. The highest BCUT2D eigenvalue weighted by Crippen LogP contribution is 2.34. The molecule has 0 spiro atoms. The molecule has 1 heterocycles. The second-order valence-corrected chi connectivity index (χ2v) is 7.73. The fraction of sp³-hybridized carbons (Fsp3) is 0.154. The van der Waals surface area contributed by atoms with Crippen LogP contribution in [0.4, 0.5) is 5.69 Å². The van der Waals surface area contributed by atoms with Crippen molar-refractivity contribution in [1.29, 1.82) is 0 Å². The van der Waals surface area contributed by atoms with Crippen LogP contribution in [0.5, 0.6) is 0 Å². The number of nitrogens with two attached hydrogens (primary N) is 1. The first kappa shape index (κ1) is 16.0. The third-order valence-electron chi connectivity index (χ3n) is 2.67. The second-order valence-electron chi connectivity index (χ2n) is 4.02. The van der Waals surface area contributed by atoms with Crippen molar-refractivity contribution in [3.63, 3.8) is 0 Å². The van der Waals surface area contributed by atoms with E-state index in [1.807, 2.05) is 0 Å². The van der Waals surface area contributed by atoms with Crippen molar-refractivity contribution in [2.45, 2.75) is 16.7 Å². The van der Waals surface area contributed by atoms with Crippen LogP contribution in [0.25, 0.3) is 0 Å². The van der Waals surface area contributed by atoms with E-state index < -0.39 is 15.8 Å². The average Bonchev–Trinajstić information content (AvgIpc) is 2.82. The predicted molar refractivity (Wildman–Crippen MR) is 84.3 cm³/mol. The Morgan fingerprint density at radius 3 is 2.52 bits per heavy atom. The molecule has 2 N–H and O–H groups in total. The number of esters is 1. The van der Waals surface area contributed by atoms with Gasteiger partial charge >= 0.3 is 5.97 Å². The van der Waals surface area contributed by atoms with Gasteiger partial charge in [0.15, 0.2) is 0 Å². The van der Waals surface area contributed by atoms with E-state index in [2.05, 4.69) is 15.9 Å². The maximum absolute atomic E-state index is 12.5. The van der Waals surface area contributed by atoms with E-state index in [0.717, 1.165) is 15.8 Å². The highest BCUT2D eigenvalue weighted by molar-refractivity contribution is 9.10. The summed E-state index contributed by atoms with van der Waals surface area (Å²) in [5, 5.41) is 1.36. The summed E-state index contributed by atoms with van der Waals surface area (Å²) in [4.78, 5) is 11.8. The van der Waals surface area contributed by atoms with E-state index in [1.165, 1.54) is 17.5 Å². The number of sulfone groups is 1. The van der Waals surface area contributed by atoms with Gasteiger partial charge in [-0.1, -0.05) is 15.9 Å². The van der Waals surface area contributed by atoms with Gasteiger partial charge in [-0.15, -0.1) is 11.3 Å². The van der Waals surface area contributed by atoms with Crippen LogP contribution in [0, 0.1) is 0 Å². The molecule has 0 aliphatic rings. The van der Waals surface area contributed by atoms with Gasteiger partial charge < -0.3 is 10.5 Å². The quantitative estimate of drug-likeness (QED) is 0.811. The summed E-state index contributed by atoms with van der Waals surface area (Å²) in [6.07, 6.45) is 0. The van der Waals surface area contributed by atoms with Crippen molar-refractivity contribution in [2.75, 3.05) is 12.3 Å². The molecule has 112 valence electrons. The molecule has 5 nitrogen and oxygen atoms in total. The lowest BCUT2D eigenvalue weighted by atomic mass is 10.4. The predicted octanol–water partition coefficient (Wildman–Crippen LogP) is 3.10. The van der Waals surface area contributed by atoms with Crippen LogP contribution in [-0.4, -0.2) is 21.0 Å². The minimum absolute atomic E-state index is 0.0682. The van der Waals surface area contributed by atoms with Crippen molar-refractivity contribution in [2.24, 2.45) is 0 Å². The molecule has 0 aliphatic heterocycles. The van der Waals surface area contributed by atoms with E-state index >= 15 is 0 Å². The minimum Gasteiger partial charge on any atom is -0.462 e. The maximum atomic E-state index is 12.5. The highest BCUT2D eigenvalue weighted by atomic mass is 79.9. The summed E-state index contributed by atoms with van der Waals surface area (Å²) in [7, 11) is -3.76. The van der Waals surface area contributed by atoms with Gasteiger partial charge in [-0.05, 0) is 31.2 Å². The molecule has 1 aromatic carbocycles. The monoisotopic (exact) mass is 389 g/mol. The van der Waals surface area contributed by atoms with E-state index in [-0.39, 0.29) is 27.0 Å². The van der Waals surface area contributed by atoms with E-state index in [0.29, 0.717) is 0 Å². The molecule has 0 saturated carbocycles. The number of anilines is 1. The van der Waals surface area contributed by atoms with Crippen molar-refractivity contribution >= 4 is 48.8 Å². The molecule has 0 amide bonds. The molecule has 0 atom stereocenters. The first-order chi connectivity index (χ1) is 9.87. The lowest BCUT2D eigenvalue weighted by Gasteiger charge is -2.05. The summed E-state index contributed by atoms with van der Waals surface area (Å²) in [6, 6.07) is 6.20. The van der Waals surface area contributed by atoms with Crippen LogP contribution in [0.1, 0.15) is 16.6 Å². The lowest BCUT2D eigenvalue weighted by molar-refractivity contribution is 0.0533. The molecule has 0 fully saturated rings. The average molecular weight is 390 g/mol. The summed E-state index contributed by atoms with van der Waals surface area (Å²) >= 11 is 4.21. The zero-order valence-electron chi connectivity index (χ0n) is 11.0. The first-order valence-corrected chi connectivity index (χ1v) is 9.08. The molecule has 0 saturated heterocycles. The van der Waals surface area contributed by atoms with Gasteiger partial charge in [0.1, 0.15) is 9.77 Å². The van der Waals surface area contributed by atoms with Gasteiger partial charge in [0.05, 0.1) is 17.2 Å². The van der Waals surface area contributed by atoms with Gasteiger partial charge in [-0.2, -0.15) is 0 Å². The summed E-state index contributed by atoms with van der Waals surface area (Å²) in [5.74, 6) is -0.614. The zero-order chi connectivity index (χ0) is 15.6. The van der Waals surface area contributed by atoms with Crippen LogP contribution < -0.4 is 5.73 Å². The molecule has 0 unspecified atom stereocenters. The first-order valence-electron chi connectivity index (χ1n) is 5.92. The molecule has 21 heavy (non-hydrogen) atoms. The maximum Gasteiger partial charge on any atom is 0.350 e.